The van der Waals surface area contributed by atoms with E-state index in [0.717, 1.165) is 6.42 Å². The largest absolute Gasteiger partial charge is 0.415 e. The first kappa shape index (κ1) is 13.4. The van der Waals surface area contributed by atoms with Crippen molar-refractivity contribution in [2.45, 2.75) is 32.7 Å². The molecule has 0 aliphatic heterocycles. The van der Waals surface area contributed by atoms with Crippen LogP contribution in [0.2, 0.25) is 0 Å². The van der Waals surface area contributed by atoms with Gasteiger partial charge >= 0.3 is 6.43 Å². The molecule has 2 aromatic heterocycles. The van der Waals surface area contributed by atoms with Crippen LogP contribution < -0.4 is 5.56 Å². The lowest BCUT2D eigenvalue weighted by atomic mass is 10.2. The Morgan fingerprint density at radius 2 is 2.16 bits per heavy atom. The van der Waals surface area contributed by atoms with Gasteiger partial charge < -0.3 is 8.98 Å². The van der Waals surface area contributed by atoms with Crippen LogP contribution in [0.3, 0.4) is 0 Å². The van der Waals surface area contributed by atoms with Gasteiger partial charge in [-0.25, -0.2) is 0 Å². The average molecular weight is 269 g/mol. The Morgan fingerprint density at radius 3 is 2.68 bits per heavy atom. The molecule has 0 saturated carbocycles. The Kier molecular flexibility index (Phi) is 3.73. The monoisotopic (exact) mass is 269 g/mol. The second-order valence-corrected chi connectivity index (χ2v) is 4.16. The van der Waals surface area contributed by atoms with Crippen LogP contribution in [-0.2, 0) is 0 Å². The van der Waals surface area contributed by atoms with E-state index < -0.39 is 12.3 Å². The standard InChI is InChI=1S/C12H13F2N3O2/c1-3-7(2)17-5-4-8(6-9(17)18)11-15-16-12(19-11)10(13)14/h4-7,10H,3H2,1-2H3. The summed E-state index contributed by atoms with van der Waals surface area (Å²) in [5, 5.41) is 6.72. The van der Waals surface area contributed by atoms with Crippen molar-refractivity contribution in [1.29, 1.82) is 0 Å². The summed E-state index contributed by atoms with van der Waals surface area (Å²) >= 11 is 0. The first-order chi connectivity index (χ1) is 9.02. The number of nitrogens with zero attached hydrogens (tertiary/aromatic N) is 3. The van der Waals surface area contributed by atoms with Gasteiger partial charge in [0.2, 0.25) is 5.89 Å². The minimum absolute atomic E-state index is 0.0702. The molecule has 19 heavy (non-hydrogen) atoms. The summed E-state index contributed by atoms with van der Waals surface area (Å²) < 4.78 is 31.0. The smallest absolute Gasteiger partial charge is 0.314 e. The number of alkyl halides is 2. The molecular weight excluding hydrogens is 256 g/mol. The number of hydrogen-bond donors (Lipinski definition) is 0. The predicted molar refractivity (Wildman–Crippen MR) is 64.0 cm³/mol. The van der Waals surface area contributed by atoms with Crippen LogP contribution in [0.15, 0.2) is 27.5 Å². The van der Waals surface area contributed by atoms with E-state index in [1.165, 1.54) is 6.07 Å². The van der Waals surface area contributed by atoms with Crippen molar-refractivity contribution >= 4 is 0 Å². The molecule has 1 atom stereocenters. The third kappa shape index (κ3) is 2.69. The first-order valence-electron chi connectivity index (χ1n) is 5.87. The molecule has 0 fully saturated rings. The van der Waals surface area contributed by atoms with E-state index in [0.29, 0.717) is 5.56 Å². The van der Waals surface area contributed by atoms with E-state index in [-0.39, 0.29) is 17.5 Å². The van der Waals surface area contributed by atoms with Crippen LogP contribution in [0.5, 0.6) is 0 Å². The number of hydrogen-bond acceptors (Lipinski definition) is 4. The molecule has 0 radical (unpaired) electrons. The molecule has 102 valence electrons. The summed E-state index contributed by atoms with van der Waals surface area (Å²) in [5.74, 6) is -0.829. The molecule has 7 heteroatoms. The maximum absolute atomic E-state index is 12.3. The molecule has 2 rings (SSSR count). The lowest BCUT2D eigenvalue weighted by Crippen LogP contribution is -2.21. The fourth-order valence-electron chi connectivity index (χ4n) is 1.62. The van der Waals surface area contributed by atoms with Crippen molar-refractivity contribution in [2.24, 2.45) is 0 Å². The van der Waals surface area contributed by atoms with E-state index in [9.17, 15) is 13.6 Å². The van der Waals surface area contributed by atoms with Gasteiger partial charge in [0.25, 0.3) is 11.4 Å². The van der Waals surface area contributed by atoms with E-state index in [4.69, 9.17) is 4.42 Å². The third-order valence-corrected chi connectivity index (χ3v) is 2.89. The second kappa shape index (κ2) is 5.29. The van der Waals surface area contributed by atoms with Crippen LogP contribution in [-0.4, -0.2) is 14.8 Å². The van der Waals surface area contributed by atoms with Gasteiger partial charge in [-0.2, -0.15) is 8.78 Å². The van der Waals surface area contributed by atoms with Crippen LogP contribution in [0.4, 0.5) is 8.78 Å². The fourth-order valence-corrected chi connectivity index (χ4v) is 1.62. The van der Waals surface area contributed by atoms with E-state index in [1.807, 2.05) is 13.8 Å². The minimum Gasteiger partial charge on any atom is -0.415 e. The second-order valence-electron chi connectivity index (χ2n) is 4.16. The Labute approximate surface area is 107 Å². The van der Waals surface area contributed by atoms with Crippen molar-refractivity contribution in [3.63, 3.8) is 0 Å². The molecule has 0 amide bonds. The molecule has 0 aliphatic rings. The van der Waals surface area contributed by atoms with Crippen molar-refractivity contribution in [3.8, 4) is 11.5 Å². The Morgan fingerprint density at radius 1 is 1.42 bits per heavy atom. The number of rotatable bonds is 4. The summed E-state index contributed by atoms with van der Waals surface area (Å²) in [4.78, 5) is 11.9. The Hall–Kier alpha value is -2.05. The van der Waals surface area contributed by atoms with Gasteiger partial charge in [0.1, 0.15) is 0 Å². The summed E-state index contributed by atoms with van der Waals surface area (Å²) in [6, 6.07) is 2.96. The molecule has 5 nitrogen and oxygen atoms in total. The normalized spacial score (nSPS) is 12.9. The summed E-state index contributed by atoms with van der Waals surface area (Å²) in [7, 11) is 0. The zero-order valence-electron chi connectivity index (χ0n) is 10.5. The third-order valence-electron chi connectivity index (χ3n) is 2.89. The first-order valence-corrected chi connectivity index (χ1v) is 5.87. The SMILES string of the molecule is CCC(C)n1ccc(-c2nnc(C(F)F)o2)cc1=O. The van der Waals surface area contributed by atoms with Gasteiger partial charge in [-0.15, -0.1) is 10.2 Å². The molecule has 2 aromatic rings. The molecule has 2 heterocycles. The highest BCUT2D eigenvalue weighted by atomic mass is 19.3. The summed E-state index contributed by atoms with van der Waals surface area (Å²) in [6.07, 6.45) is -0.408. The lowest BCUT2D eigenvalue weighted by Gasteiger charge is -2.12. The topological polar surface area (TPSA) is 60.9 Å². The molecule has 0 N–H and O–H groups in total. The van der Waals surface area contributed by atoms with Gasteiger partial charge in [-0.1, -0.05) is 6.92 Å². The van der Waals surface area contributed by atoms with Crippen molar-refractivity contribution in [1.82, 2.24) is 14.8 Å². The van der Waals surface area contributed by atoms with Crippen molar-refractivity contribution < 1.29 is 13.2 Å². The van der Waals surface area contributed by atoms with Crippen LogP contribution in [0.25, 0.3) is 11.5 Å². The highest BCUT2D eigenvalue weighted by Crippen LogP contribution is 2.22. The number of halogens is 2. The molecule has 0 saturated heterocycles. The predicted octanol–water partition coefficient (Wildman–Crippen LogP) is 2.81. The van der Waals surface area contributed by atoms with Crippen molar-refractivity contribution in [3.05, 3.63) is 34.6 Å². The van der Waals surface area contributed by atoms with E-state index >= 15 is 0 Å². The van der Waals surface area contributed by atoms with Crippen LogP contribution >= 0.6 is 0 Å². The van der Waals surface area contributed by atoms with Gasteiger partial charge in [-0.3, -0.25) is 4.79 Å². The molecule has 0 aliphatic carbocycles. The van der Waals surface area contributed by atoms with Gasteiger partial charge in [0.15, 0.2) is 0 Å². The maximum atomic E-state index is 12.3. The molecule has 0 bridgehead atoms. The van der Waals surface area contributed by atoms with Gasteiger partial charge in [0.05, 0.1) is 0 Å². The molecule has 1 unspecified atom stereocenters. The average Bonchev–Trinajstić information content (AvgIpc) is 2.87. The Balaban J connectivity index is 2.36. The lowest BCUT2D eigenvalue weighted by molar-refractivity contribution is 0.116. The molecule has 0 spiro atoms. The maximum Gasteiger partial charge on any atom is 0.314 e. The zero-order valence-corrected chi connectivity index (χ0v) is 10.5. The van der Waals surface area contributed by atoms with Gasteiger partial charge in [-0.05, 0) is 19.4 Å². The van der Waals surface area contributed by atoms with E-state index in [2.05, 4.69) is 10.2 Å². The van der Waals surface area contributed by atoms with Crippen LogP contribution in [0, 0.1) is 0 Å². The number of pyridine rings is 1. The quantitative estimate of drug-likeness (QED) is 0.856. The molecule has 0 aromatic carbocycles. The minimum atomic E-state index is -2.82. The summed E-state index contributed by atoms with van der Waals surface area (Å²) in [6.45, 7) is 3.89. The summed E-state index contributed by atoms with van der Waals surface area (Å²) in [5.41, 5.74) is 0.104. The molecular formula is C12H13F2N3O2. The highest BCUT2D eigenvalue weighted by molar-refractivity contribution is 5.50. The zero-order chi connectivity index (χ0) is 14.0. The van der Waals surface area contributed by atoms with E-state index in [1.54, 1.807) is 16.8 Å². The highest BCUT2D eigenvalue weighted by Gasteiger charge is 2.17. The Bertz CT molecular complexity index is 621. The fraction of sp³-hybridized carbons (Fsp3) is 0.417. The van der Waals surface area contributed by atoms with Crippen molar-refractivity contribution in [2.75, 3.05) is 0 Å². The number of aromatic nitrogens is 3. The van der Waals surface area contributed by atoms with Crippen LogP contribution in [0.1, 0.15) is 38.6 Å². The van der Waals surface area contributed by atoms with Gasteiger partial charge in [0, 0.05) is 23.9 Å².